The van der Waals surface area contributed by atoms with E-state index >= 15 is 0 Å². The molecule has 6 heteroatoms. The molecule has 1 aliphatic rings. The van der Waals surface area contributed by atoms with E-state index < -0.39 is 22.7 Å². The van der Waals surface area contributed by atoms with E-state index in [1.54, 1.807) is 0 Å². The third-order valence-electron chi connectivity index (χ3n) is 2.31. The van der Waals surface area contributed by atoms with E-state index in [2.05, 4.69) is 21.2 Å². The van der Waals surface area contributed by atoms with Crippen molar-refractivity contribution in [3.63, 3.8) is 0 Å². The number of alkyl halides is 3. The molecule has 78 valence electrons. The fraction of sp³-hybridized carbons (Fsp3) is 0.750. The Morgan fingerprint density at radius 2 is 2.21 bits per heavy atom. The normalized spacial score (nSPS) is 19.3. The Kier molecular flexibility index (Phi) is 3.10. The lowest BCUT2D eigenvalue weighted by molar-refractivity contribution is -0.132. The number of nitrogens with zero attached hydrogens (tertiary/aromatic N) is 1. The van der Waals surface area contributed by atoms with E-state index in [0.717, 1.165) is 6.42 Å². The van der Waals surface area contributed by atoms with E-state index in [0.29, 0.717) is 12.8 Å². The van der Waals surface area contributed by atoms with Crippen LogP contribution in [0.15, 0.2) is 0 Å². The first kappa shape index (κ1) is 11.4. The van der Waals surface area contributed by atoms with Crippen LogP contribution >= 0.6 is 15.9 Å². The van der Waals surface area contributed by atoms with Crippen molar-refractivity contribution in [2.45, 2.75) is 24.1 Å². The Labute approximate surface area is 88.6 Å². The minimum Gasteiger partial charge on any atom is -0.348 e. The molecule has 1 aliphatic carbocycles. The van der Waals surface area contributed by atoms with E-state index in [-0.39, 0.29) is 0 Å². The van der Waals surface area contributed by atoms with Crippen LogP contribution in [0.25, 0.3) is 0 Å². The van der Waals surface area contributed by atoms with Gasteiger partial charge in [0.05, 0.1) is 12.6 Å². The molecule has 0 aromatic rings. The standard InChI is InChI=1S/C8H9BrF2N2O/c9-8(10,11)5-13-6(14)7(4-12)2-1-3-7/h1-3,5H2,(H,13,14). The summed E-state index contributed by atoms with van der Waals surface area (Å²) in [5.74, 6) is -0.592. The van der Waals surface area contributed by atoms with Crippen LogP contribution in [0.3, 0.4) is 0 Å². The molecule has 1 fully saturated rings. The van der Waals surface area contributed by atoms with Gasteiger partial charge in [0.1, 0.15) is 5.41 Å². The number of hydrogen-bond acceptors (Lipinski definition) is 2. The molecule has 0 aromatic heterocycles. The van der Waals surface area contributed by atoms with E-state index in [1.807, 2.05) is 6.07 Å². The Morgan fingerprint density at radius 3 is 2.50 bits per heavy atom. The molecule has 1 rings (SSSR count). The fourth-order valence-electron chi connectivity index (χ4n) is 1.27. The molecule has 0 spiro atoms. The molecule has 0 atom stereocenters. The Balaban J connectivity index is 2.47. The summed E-state index contributed by atoms with van der Waals surface area (Å²) >= 11 is 2.10. The zero-order chi connectivity index (χ0) is 10.8. The molecular formula is C8H9BrF2N2O. The highest BCUT2D eigenvalue weighted by molar-refractivity contribution is 9.10. The highest BCUT2D eigenvalue weighted by Gasteiger charge is 2.45. The molecule has 1 amide bonds. The van der Waals surface area contributed by atoms with Gasteiger partial charge in [0.2, 0.25) is 5.91 Å². The van der Waals surface area contributed by atoms with Gasteiger partial charge < -0.3 is 5.32 Å². The molecule has 0 bridgehead atoms. The Hall–Kier alpha value is -0.700. The van der Waals surface area contributed by atoms with Crippen molar-refractivity contribution in [2.24, 2.45) is 5.41 Å². The maximum absolute atomic E-state index is 12.3. The summed E-state index contributed by atoms with van der Waals surface area (Å²) in [6, 6.07) is 1.88. The van der Waals surface area contributed by atoms with E-state index in [1.165, 1.54) is 0 Å². The van der Waals surface area contributed by atoms with Crippen molar-refractivity contribution in [3.8, 4) is 6.07 Å². The lowest BCUT2D eigenvalue weighted by Gasteiger charge is -2.33. The predicted octanol–water partition coefficient (Wildman–Crippen LogP) is 1.78. The average molecular weight is 267 g/mol. The largest absolute Gasteiger partial charge is 0.348 e. The SMILES string of the molecule is N#CC1(C(=O)NCC(F)(F)Br)CCC1. The molecule has 0 aliphatic heterocycles. The third kappa shape index (κ3) is 2.41. The van der Waals surface area contributed by atoms with Gasteiger partial charge in [-0.15, -0.1) is 0 Å². The predicted molar refractivity (Wildman–Crippen MR) is 48.8 cm³/mol. The highest BCUT2D eigenvalue weighted by Crippen LogP contribution is 2.40. The van der Waals surface area contributed by atoms with Gasteiger partial charge in [-0.3, -0.25) is 4.79 Å². The van der Waals surface area contributed by atoms with Gasteiger partial charge in [-0.2, -0.15) is 14.0 Å². The van der Waals surface area contributed by atoms with Gasteiger partial charge in [-0.05, 0) is 35.2 Å². The lowest BCUT2D eigenvalue weighted by atomic mass is 9.69. The fourth-order valence-corrected chi connectivity index (χ4v) is 1.41. The number of carbonyl (C=O) groups is 1. The topological polar surface area (TPSA) is 52.9 Å². The molecule has 0 unspecified atom stereocenters. The van der Waals surface area contributed by atoms with Gasteiger partial charge in [0.15, 0.2) is 0 Å². The molecule has 0 aromatic carbocycles. The number of nitrogens with one attached hydrogen (secondary N) is 1. The summed E-state index contributed by atoms with van der Waals surface area (Å²) in [7, 11) is 0. The van der Waals surface area contributed by atoms with Gasteiger partial charge in [0.25, 0.3) is 0 Å². The summed E-state index contributed by atoms with van der Waals surface area (Å²) in [6.45, 7) is -0.782. The van der Waals surface area contributed by atoms with Crippen LogP contribution in [-0.2, 0) is 4.79 Å². The monoisotopic (exact) mass is 266 g/mol. The number of halogens is 3. The van der Waals surface area contributed by atoms with Gasteiger partial charge in [-0.1, -0.05) is 0 Å². The van der Waals surface area contributed by atoms with E-state index in [9.17, 15) is 13.6 Å². The first-order chi connectivity index (χ1) is 6.40. The Bertz CT molecular complexity index is 278. The third-order valence-corrected chi connectivity index (χ3v) is 2.59. The van der Waals surface area contributed by atoms with Crippen molar-refractivity contribution < 1.29 is 13.6 Å². The minimum absolute atomic E-state index is 0.461. The van der Waals surface area contributed by atoms with Crippen LogP contribution in [0.5, 0.6) is 0 Å². The number of nitriles is 1. The number of rotatable bonds is 3. The number of hydrogen-bond donors (Lipinski definition) is 1. The molecule has 1 saturated carbocycles. The van der Waals surface area contributed by atoms with Crippen molar-refractivity contribution in [3.05, 3.63) is 0 Å². The van der Waals surface area contributed by atoms with Crippen LogP contribution in [0.4, 0.5) is 8.78 Å². The molecule has 3 nitrogen and oxygen atoms in total. The van der Waals surface area contributed by atoms with Crippen LogP contribution in [0.2, 0.25) is 0 Å². The molecule has 1 N–H and O–H groups in total. The zero-order valence-corrected chi connectivity index (χ0v) is 8.90. The smallest absolute Gasteiger partial charge is 0.318 e. The van der Waals surface area contributed by atoms with Crippen LogP contribution in [-0.4, -0.2) is 17.3 Å². The van der Waals surface area contributed by atoms with Gasteiger partial charge in [-0.25, -0.2) is 0 Å². The zero-order valence-electron chi connectivity index (χ0n) is 7.32. The Morgan fingerprint density at radius 1 is 1.64 bits per heavy atom. The second-order valence-corrected chi connectivity index (χ2v) is 4.51. The number of carbonyl (C=O) groups excluding carboxylic acids is 1. The summed E-state index contributed by atoms with van der Waals surface area (Å²) in [5.41, 5.74) is -1.06. The average Bonchev–Trinajstić information content (AvgIpc) is 1.98. The maximum Gasteiger partial charge on any atom is 0.318 e. The first-order valence-electron chi connectivity index (χ1n) is 4.16. The van der Waals surface area contributed by atoms with Gasteiger partial charge >= 0.3 is 4.83 Å². The maximum atomic E-state index is 12.3. The highest BCUT2D eigenvalue weighted by atomic mass is 79.9. The van der Waals surface area contributed by atoms with Crippen molar-refractivity contribution >= 4 is 21.8 Å². The van der Waals surface area contributed by atoms with Crippen molar-refractivity contribution in [1.82, 2.24) is 5.32 Å². The molecule has 0 saturated heterocycles. The molecule has 0 heterocycles. The van der Waals surface area contributed by atoms with E-state index in [4.69, 9.17) is 5.26 Å². The van der Waals surface area contributed by atoms with Crippen molar-refractivity contribution in [1.29, 1.82) is 5.26 Å². The number of amides is 1. The molecular weight excluding hydrogens is 258 g/mol. The first-order valence-corrected chi connectivity index (χ1v) is 4.95. The quantitative estimate of drug-likeness (QED) is 0.792. The van der Waals surface area contributed by atoms with Crippen LogP contribution in [0, 0.1) is 16.7 Å². The summed E-state index contributed by atoms with van der Waals surface area (Å²) in [4.78, 5) is 8.23. The van der Waals surface area contributed by atoms with Crippen LogP contribution in [0.1, 0.15) is 19.3 Å². The molecule has 14 heavy (non-hydrogen) atoms. The van der Waals surface area contributed by atoms with Crippen LogP contribution < -0.4 is 5.32 Å². The summed E-state index contributed by atoms with van der Waals surface area (Å²) in [5, 5.41) is 10.8. The van der Waals surface area contributed by atoms with Crippen molar-refractivity contribution in [2.75, 3.05) is 6.54 Å². The minimum atomic E-state index is -3.11. The second kappa shape index (κ2) is 3.81. The lowest BCUT2D eigenvalue weighted by Crippen LogP contribution is -2.47. The van der Waals surface area contributed by atoms with Gasteiger partial charge in [0, 0.05) is 0 Å². The summed E-state index contributed by atoms with van der Waals surface area (Å²) in [6.07, 6.45) is 1.72. The second-order valence-electron chi connectivity index (χ2n) is 3.35. The molecule has 0 radical (unpaired) electrons. The summed E-state index contributed by atoms with van der Waals surface area (Å²) < 4.78 is 24.6.